The predicted molar refractivity (Wildman–Crippen MR) is 75.9 cm³/mol. The smallest absolute Gasteiger partial charge is 0.349 e. The van der Waals surface area contributed by atoms with Crippen LogP contribution in [0, 0.1) is 5.92 Å². The molecule has 0 bridgehead atoms. The van der Waals surface area contributed by atoms with Gasteiger partial charge in [0.1, 0.15) is 0 Å². The van der Waals surface area contributed by atoms with Crippen LogP contribution in [0.4, 0.5) is 13.2 Å². The number of nitrogens with one attached hydrogen (secondary N) is 1. The highest BCUT2D eigenvalue weighted by Gasteiger charge is 2.30. The summed E-state index contributed by atoms with van der Waals surface area (Å²) in [5.41, 5.74) is -0.520. The number of hydrogen-bond acceptors (Lipinski definition) is 1. The van der Waals surface area contributed by atoms with E-state index in [2.05, 4.69) is 21.2 Å². The predicted octanol–water partition coefficient (Wildman–Crippen LogP) is 4.24. The van der Waals surface area contributed by atoms with Crippen molar-refractivity contribution >= 4 is 21.8 Å². The molecule has 1 rings (SSSR count). The molecule has 0 saturated heterocycles. The van der Waals surface area contributed by atoms with Crippen molar-refractivity contribution in [3.8, 4) is 0 Å². The largest absolute Gasteiger partial charge is 0.416 e. The summed E-state index contributed by atoms with van der Waals surface area (Å²) in [7, 11) is 0. The van der Waals surface area contributed by atoms with E-state index in [1.807, 2.05) is 13.8 Å². The molecule has 0 fully saturated rings. The van der Waals surface area contributed by atoms with E-state index in [1.54, 1.807) is 0 Å². The summed E-state index contributed by atoms with van der Waals surface area (Å²) in [6.07, 6.45) is -3.62. The van der Waals surface area contributed by atoms with Crippen LogP contribution in [-0.2, 0) is 6.18 Å². The van der Waals surface area contributed by atoms with Gasteiger partial charge < -0.3 is 5.32 Å². The first-order chi connectivity index (χ1) is 9.25. The van der Waals surface area contributed by atoms with E-state index in [9.17, 15) is 18.0 Å². The molecule has 0 radical (unpaired) electrons. The Balaban J connectivity index is 2.77. The summed E-state index contributed by atoms with van der Waals surface area (Å²) in [5, 5.41) is 3.59. The Bertz CT molecular complexity index is 443. The molecule has 0 spiro atoms. The first-order valence-corrected chi connectivity index (χ1v) is 7.42. The van der Waals surface area contributed by atoms with Crippen molar-refractivity contribution in [2.24, 2.45) is 5.92 Å². The van der Waals surface area contributed by atoms with E-state index in [4.69, 9.17) is 0 Å². The second-order valence-corrected chi connectivity index (χ2v) is 5.67. The summed E-state index contributed by atoms with van der Waals surface area (Å²) in [6, 6.07) is 4.23. The van der Waals surface area contributed by atoms with Gasteiger partial charge in [0.25, 0.3) is 5.91 Å². The zero-order valence-corrected chi connectivity index (χ0v) is 12.9. The van der Waals surface area contributed by atoms with Gasteiger partial charge in [-0.25, -0.2) is 0 Å². The SMILES string of the molecule is CC(C)C(CCBr)NC(=O)c1ccc(C(F)(F)F)cc1. The van der Waals surface area contributed by atoms with Crippen LogP contribution in [0.5, 0.6) is 0 Å². The molecule has 0 heterocycles. The third-order valence-corrected chi connectivity index (χ3v) is 3.47. The minimum absolute atomic E-state index is 0.0100. The van der Waals surface area contributed by atoms with E-state index in [-0.39, 0.29) is 23.4 Å². The van der Waals surface area contributed by atoms with Gasteiger partial charge in [-0.05, 0) is 36.6 Å². The van der Waals surface area contributed by atoms with Crippen molar-refractivity contribution < 1.29 is 18.0 Å². The molecule has 0 aromatic heterocycles. The molecule has 6 heteroatoms. The maximum Gasteiger partial charge on any atom is 0.416 e. The molecule has 1 aromatic rings. The number of rotatable bonds is 5. The highest BCUT2D eigenvalue weighted by Crippen LogP contribution is 2.29. The quantitative estimate of drug-likeness (QED) is 0.789. The van der Waals surface area contributed by atoms with Crippen LogP contribution in [0.25, 0.3) is 0 Å². The Morgan fingerprint density at radius 3 is 2.20 bits per heavy atom. The standard InChI is InChI=1S/C14H17BrF3NO/c1-9(2)12(7-8-15)19-13(20)10-3-5-11(6-4-10)14(16,17)18/h3-6,9,12H,7-8H2,1-2H3,(H,19,20). The van der Waals surface area contributed by atoms with E-state index < -0.39 is 11.7 Å². The number of benzene rings is 1. The molecule has 2 nitrogen and oxygen atoms in total. The van der Waals surface area contributed by atoms with Crippen molar-refractivity contribution in [2.45, 2.75) is 32.5 Å². The molecule has 0 aliphatic rings. The Morgan fingerprint density at radius 1 is 1.25 bits per heavy atom. The number of hydrogen-bond donors (Lipinski definition) is 1. The molecule has 20 heavy (non-hydrogen) atoms. The second-order valence-electron chi connectivity index (χ2n) is 4.88. The average Bonchev–Trinajstić information content (AvgIpc) is 2.37. The molecule has 1 unspecified atom stereocenters. The fourth-order valence-electron chi connectivity index (χ4n) is 1.75. The Labute approximate surface area is 124 Å². The first-order valence-electron chi connectivity index (χ1n) is 6.29. The molecule has 0 saturated carbocycles. The lowest BCUT2D eigenvalue weighted by Gasteiger charge is -2.21. The molecule has 0 aliphatic heterocycles. The van der Waals surface area contributed by atoms with Crippen LogP contribution in [0.2, 0.25) is 0 Å². The lowest BCUT2D eigenvalue weighted by atomic mass is 10.0. The average molecular weight is 352 g/mol. The van der Waals surface area contributed by atoms with Gasteiger partial charge in [0.05, 0.1) is 5.56 Å². The van der Waals surface area contributed by atoms with E-state index in [0.717, 1.165) is 23.9 Å². The summed E-state index contributed by atoms with van der Waals surface area (Å²) in [6.45, 7) is 3.97. The highest BCUT2D eigenvalue weighted by molar-refractivity contribution is 9.09. The lowest BCUT2D eigenvalue weighted by Crippen LogP contribution is -2.38. The Morgan fingerprint density at radius 2 is 1.80 bits per heavy atom. The maximum atomic E-state index is 12.4. The van der Waals surface area contributed by atoms with Crippen LogP contribution in [0.1, 0.15) is 36.2 Å². The molecule has 112 valence electrons. The van der Waals surface area contributed by atoms with Crippen LogP contribution < -0.4 is 5.32 Å². The zero-order chi connectivity index (χ0) is 15.3. The van der Waals surface area contributed by atoms with Gasteiger partial charge >= 0.3 is 6.18 Å². The zero-order valence-electron chi connectivity index (χ0n) is 11.3. The second kappa shape index (κ2) is 7.11. The number of carbonyl (C=O) groups excluding carboxylic acids is 1. The van der Waals surface area contributed by atoms with Gasteiger partial charge in [-0.3, -0.25) is 4.79 Å². The Hall–Kier alpha value is -1.04. The van der Waals surface area contributed by atoms with Gasteiger partial charge in [0.2, 0.25) is 0 Å². The van der Waals surface area contributed by atoms with Gasteiger partial charge in [-0.2, -0.15) is 13.2 Å². The summed E-state index contributed by atoms with van der Waals surface area (Å²) < 4.78 is 37.3. The first kappa shape index (κ1) is 17.0. The van der Waals surface area contributed by atoms with Gasteiger partial charge in [0, 0.05) is 16.9 Å². The molecule has 1 aromatic carbocycles. The number of amides is 1. The van der Waals surface area contributed by atoms with E-state index in [1.165, 1.54) is 12.1 Å². The number of alkyl halides is 4. The van der Waals surface area contributed by atoms with Gasteiger partial charge in [-0.1, -0.05) is 29.8 Å². The minimum atomic E-state index is -4.38. The van der Waals surface area contributed by atoms with Crippen molar-refractivity contribution in [2.75, 3.05) is 5.33 Å². The molecular formula is C14H17BrF3NO. The monoisotopic (exact) mass is 351 g/mol. The maximum absolute atomic E-state index is 12.4. The highest BCUT2D eigenvalue weighted by atomic mass is 79.9. The Kier molecular flexibility index (Phi) is 6.05. The number of halogens is 4. The van der Waals surface area contributed by atoms with Crippen LogP contribution in [-0.4, -0.2) is 17.3 Å². The van der Waals surface area contributed by atoms with E-state index in [0.29, 0.717) is 0 Å². The van der Waals surface area contributed by atoms with Crippen molar-refractivity contribution in [1.29, 1.82) is 0 Å². The fourth-order valence-corrected chi connectivity index (χ4v) is 2.25. The van der Waals surface area contributed by atoms with Gasteiger partial charge in [-0.15, -0.1) is 0 Å². The lowest BCUT2D eigenvalue weighted by molar-refractivity contribution is -0.137. The summed E-state index contributed by atoms with van der Waals surface area (Å²) >= 11 is 3.32. The van der Waals surface area contributed by atoms with Crippen molar-refractivity contribution in [3.05, 3.63) is 35.4 Å². The van der Waals surface area contributed by atoms with Crippen LogP contribution in [0.3, 0.4) is 0 Å². The third-order valence-electron chi connectivity index (χ3n) is 3.02. The minimum Gasteiger partial charge on any atom is -0.349 e. The van der Waals surface area contributed by atoms with Crippen molar-refractivity contribution in [3.63, 3.8) is 0 Å². The molecule has 1 N–H and O–H groups in total. The summed E-state index contributed by atoms with van der Waals surface area (Å²) in [5.74, 6) is -0.0932. The molecule has 0 aliphatic carbocycles. The van der Waals surface area contributed by atoms with E-state index >= 15 is 0 Å². The number of carbonyl (C=O) groups is 1. The summed E-state index contributed by atoms with van der Waals surface area (Å²) in [4.78, 5) is 12.0. The van der Waals surface area contributed by atoms with Crippen LogP contribution in [0.15, 0.2) is 24.3 Å². The normalized spacial score (nSPS) is 13.3. The molecule has 1 atom stereocenters. The molecular weight excluding hydrogens is 335 g/mol. The van der Waals surface area contributed by atoms with Crippen molar-refractivity contribution in [1.82, 2.24) is 5.32 Å². The van der Waals surface area contributed by atoms with Crippen LogP contribution >= 0.6 is 15.9 Å². The third kappa shape index (κ3) is 4.81. The fraction of sp³-hybridized carbons (Fsp3) is 0.500. The topological polar surface area (TPSA) is 29.1 Å². The van der Waals surface area contributed by atoms with Gasteiger partial charge in [0.15, 0.2) is 0 Å². The molecule has 1 amide bonds.